The fraction of sp³-hybridized carbons (Fsp3) is 0.583. The van der Waals surface area contributed by atoms with Crippen LogP contribution in [-0.2, 0) is 0 Å². The molecule has 1 rings (SSSR count). The molecule has 0 aliphatic rings. The van der Waals surface area contributed by atoms with E-state index in [-0.39, 0.29) is 0 Å². The van der Waals surface area contributed by atoms with Crippen molar-refractivity contribution in [2.45, 2.75) is 26.3 Å². The molecule has 0 radical (unpaired) electrons. The number of hydrogen-bond acceptors (Lipinski definition) is 4. The van der Waals surface area contributed by atoms with Crippen molar-refractivity contribution < 1.29 is 0 Å². The van der Waals surface area contributed by atoms with Gasteiger partial charge < -0.3 is 16.0 Å². The van der Waals surface area contributed by atoms with Crippen molar-refractivity contribution in [2.75, 3.05) is 31.7 Å². The molecule has 0 spiro atoms. The zero-order valence-electron chi connectivity index (χ0n) is 10.6. The van der Waals surface area contributed by atoms with E-state index in [1.807, 2.05) is 19.1 Å². The smallest absolute Gasteiger partial charge is 0.126 e. The number of pyridine rings is 1. The number of anilines is 2. The first-order valence-corrected chi connectivity index (χ1v) is 5.63. The highest BCUT2D eigenvalue weighted by molar-refractivity contribution is 5.49. The maximum atomic E-state index is 5.72. The molecule has 90 valence electrons. The minimum absolute atomic E-state index is 0.415. The van der Waals surface area contributed by atoms with Crippen molar-refractivity contribution in [2.24, 2.45) is 0 Å². The number of nitrogens with zero attached hydrogens (tertiary/aromatic N) is 2. The summed E-state index contributed by atoms with van der Waals surface area (Å²) >= 11 is 0. The number of hydrogen-bond donors (Lipinski definition) is 2. The first-order valence-electron chi connectivity index (χ1n) is 5.63. The Morgan fingerprint density at radius 2 is 2.12 bits per heavy atom. The molecule has 1 unspecified atom stereocenters. The van der Waals surface area contributed by atoms with E-state index in [4.69, 9.17) is 5.73 Å². The monoisotopic (exact) mass is 222 g/mol. The molecule has 4 nitrogen and oxygen atoms in total. The third kappa shape index (κ3) is 4.06. The SMILES string of the molecule is Cc1nc(NC(C)CCN(C)C)ccc1N. The Kier molecular flexibility index (Phi) is 4.55. The fourth-order valence-electron chi connectivity index (χ4n) is 1.43. The summed E-state index contributed by atoms with van der Waals surface area (Å²) in [6, 6.07) is 4.23. The van der Waals surface area contributed by atoms with Gasteiger partial charge in [0.2, 0.25) is 0 Å². The normalized spacial score (nSPS) is 12.8. The molecule has 0 saturated carbocycles. The molecule has 1 aromatic heterocycles. The number of aryl methyl sites for hydroxylation is 1. The number of nitrogens with two attached hydrogens (primary N) is 1. The van der Waals surface area contributed by atoms with Gasteiger partial charge in [-0.15, -0.1) is 0 Å². The zero-order chi connectivity index (χ0) is 12.1. The van der Waals surface area contributed by atoms with E-state index in [2.05, 4.69) is 36.2 Å². The van der Waals surface area contributed by atoms with Gasteiger partial charge in [0.1, 0.15) is 5.82 Å². The Morgan fingerprint density at radius 3 is 2.69 bits per heavy atom. The van der Waals surface area contributed by atoms with E-state index >= 15 is 0 Å². The van der Waals surface area contributed by atoms with Crippen molar-refractivity contribution in [3.8, 4) is 0 Å². The number of aromatic nitrogens is 1. The molecule has 1 aromatic rings. The first kappa shape index (κ1) is 12.8. The second kappa shape index (κ2) is 5.70. The predicted octanol–water partition coefficient (Wildman–Crippen LogP) is 1.72. The van der Waals surface area contributed by atoms with Gasteiger partial charge in [-0.25, -0.2) is 4.98 Å². The van der Waals surface area contributed by atoms with E-state index < -0.39 is 0 Å². The van der Waals surface area contributed by atoms with E-state index in [0.29, 0.717) is 6.04 Å². The summed E-state index contributed by atoms with van der Waals surface area (Å²) < 4.78 is 0. The Labute approximate surface area is 97.9 Å². The molecular weight excluding hydrogens is 200 g/mol. The molecule has 0 saturated heterocycles. The van der Waals surface area contributed by atoms with Gasteiger partial charge in [-0.2, -0.15) is 0 Å². The molecule has 4 heteroatoms. The summed E-state index contributed by atoms with van der Waals surface area (Å²) in [6.45, 7) is 5.16. The Morgan fingerprint density at radius 1 is 1.44 bits per heavy atom. The Hall–Kier alpha value is -1.29. The van der Waals surface area contributed by atoms with Crippen LogP contribution in [0.15, 0.2) is 12.1 Å². The van der Waals surface area contributed by atoms with Crippen LogP contribution in [0.25, 0.3) is 0 Å². The molecule has 0 amide bonds. The summed E-state index contributed by atoms with van der Waals surface area (Å²) in [7, 11) is 4.16. The molecule has 3 N–H and O–H groups in total. The minimum atomic E-state index is 0.415. The fourth-order valence-corrected chi connectivity index (χ4v) is 1.43. The van der Waals surface area contributed by atoms with Crippen LogP contribution in [0, 0.1) is 6.92 Å². The van der Waals surface area contributed by atoms with Crippen molar-refractivity contribution in [3.05, 3.63) is 17.8 Å². The highest BCUT2D eigenvalue weighted by Crippen LogP contribution is 2.13. The molecule has 0 aliphatic heterocycles. The highest BCUT2D eigenvalue weighted by atomic mass is 15.1. The second-order valence-electron chi connectivity index (χ2n) is 4.51. The number of nitrogen functional groups attached to an aromatic ring is 1. The van der Waals surface area contributed by atoms with Crippen molar-refractivity contribution >= 4 is 11.5 Å². The van der Waals surface area contributed by atoms with Gasteiger partial charge in [-0.3, -0.25) is 0 Å². The maximum Gasteiger partial charge on any atom is 0.126 e. The Balaban J connectivity index is 2.49. The molecule has 0 bridgehead atoms. The lowest BCUT2D eigenvalue weighted by Gasteiger charge is -2.17. The molecule has 1 atom stereocenters. The lowest BCUT2D eigenvalue weighted by molar-refractivity contribution is 0.390. The molecule has 1 heterocycles. The van der Waals surface area contributed by atoms with Gasteiger partial charge in [-0.1, -0.05) is 0 Å². The van der Waals surface area contributed by atoms with Crippen molar-refractivity contribution in [1.29, 1.82) is 0 Å². The minimum Gasteiger partial charge on any atom is -0.397 e. The second-order valence-corrected chi connectivity index (χ2v) is 4.51. The maximum absolute atomic E-state index is 5.72. The van der Waals surface area contributed by atoms with Crippen LogP contribution in [-0.4, -0.2) is 36.6 Å². The summed E-state index contributed by atoms with van der Waals surface area (Å²) in [5.41, 5.74) is 7.34. The van der Waals surface area contributed by atoms with E-state index in [1.165, 1.54) is 0 Å². The third-order valence-corrected chi connectivity index (χ3v) is 2.53. The van der Waals surface area contributed by atoms with Gasteiger partial charge in [-0.05, 0) is 53.0 Å². The summed E-state index contributed by atoms with van der Waals surface area (Å²) in [6.07, 6.45) is 1.10. The predicted molar refractivity (Wildman–Crippen MR) is 69.6 cm³/mol. The van der Waals surface area contributed by atoms with Gasteiger partial charge >= 0.3 is 0 Å². The average molecular weight is 222 g/mol. The van der Waals surface area contributed by atoms with Crippen LogP contribution in [0.3, 0.4) is 0 Å². The molecule has 16 heavy (non-hydrogen) atoms. The quantitative estimate of drug-likeness (QED) is 0.796. The summed E-state index contributed by atoms with van der Waals surface area (Å²) in [5.74, 6) is 0.901. The van der Waals surface area contributed by atoms with Crippen LogP contribution in [0.5, 0.6) is 0 Å². The third-order valence-electron chi connectivity index (χ3n) is 2.53. The van der Waals surface area contributed by atoms with Gasteiger partial charge in [0, 0.05) is 6.04 Å². The van der Waals surface area contributed by atoms with Gasteiger partial charge in [0.05, 0.1) is 11.4 Å². The van der Waals surface area contributed by atoms with E-state index in [9.17, 15) is 0 Å². The van der Waals surface area contributed by atoms with Crippen molar-refractivity contribution in [3.63, 3.8) is 0 Å². The summed E-state index contributed by atoms with van der Waals surface area (Å²) in [5, 5.41) is 3.37. The number of nitrogens with one attached hydrogen (secondary N) is 1. The summed E-state index contributed by atoms with van der Waals surface area (Å²) in [4.78, 5) is 6.57. The topological polar surface area (TPSA) is 54.2 Å². The molecule has 0 aliphatic carbocycles. The average Bonchev–Trinajstić information content (AvgIpc) is 2.21. The lowest BCUT2D eigenvalue weighted by atomic mass is 10.2. The first-order chi connectivity index (χ1) is 7.49. The van der Waals surface area contributed by atoms with E-state index in [1.54, 1.807) is 0 Å². The molecule has 0 aromatic carbocycles. The molecule has 0 fully saturated rings. The lowest BCUT2D eigenvalue weighted by Crippen LogP contribution is -2.23. The largest absolute Gasteiger partial charge is 0.397 e. The van der Waals surface area contributed by atoms with Gasteiger partial charge in [0.15, 0.2) is 0 Å². The van der Waals surface area contributed by atoms with Crippen LogP contribution in [0.2, 0.25) is 0 Å². The zero-order valence-corrected chi connectivity index (χ0v) is 10.6. The Bertz CT molecular complexity index is 336. The standard InChI is InChI=1S/C12H22N4/c1-9(7-8-16(3)4)14-12-6-5-11(13)10(2)15-12/h5-6,9H,7-8,13H2,1-4H3,(H,14,15). The number of rotatable bonds is 5. The van der Waals surface area contributed by atoms with Crippen molar-refractivity contribution in [1.82, 2.24) is 9.88 Å². The van der Waals surface area contributed by atoms with Crippen LogP contribution >= 0.6 is 0 Å². The van der Waals surface area contributed by atoms with Crippen LogP contribution in [0.1, 0.15) is 19.0 Å². The highest BCUT2D eigenvalue weighted by Gasteiger charge is 2.04. The van der Waals surface area contributed by atoms with Gasteiger partial charge in [0.25, 0.3) is 0 Å². The van der Waals surface area contributed by atoms with Crippen LogP contribution in [0.4, 0.5) is 11.5 Å². The van der Waals surface area contributed by atoms with E-state index in [0.717, 1.165) is 30.2 Å². The van der Waals surface area contributed by atoms with Crippen LogP contribution < -0.4 is 11.1 Å². The molecular formula is C12H22N4.